The quantitative estimate of drug-likeness (QED) is 0.760. The summed E-state index contributed by atoms with van der Waals surface area (Å²) in [6.07, 6.45) is 2.13. The van der Waals surface area contributed by atoms with Crippen LogP contribution in [-0.4, -0.2) is 21.4 Å². The Labute approximate surface area is 91.8 Å². The van der Waals surface area contributed by atoms with E-state index in [1.807, 2.05) is 11.6 Å². The topological polar surface area (TPSA) is 39.9 Å². The van der Waals surface area contributed by atoms with Gasteiger partial charge in [0.05, 0.1) is 5.33 Å². The van der Waals surface area contributed by atoms with Crippen LogP contribution in [-0.2, 0) is 22.7 Å². The van der Waals surface area contributed by atoms with E-state index in [1.165, 1.54) is 0 Å². The average Bonchev–Trinajstić information content (AvgIpc) is 2.73. The third-order valence-corrected chi connectivity index (χ3v) is 3.28. The van der Waals surface area contributed by atoms with Gasteiger partial charge in [-0.15, -0.1) is 10.2 Å². The molecule has 1 unspecified atom stereocenters. The summed E-state index contributed by atoms with van der Waals surface area (Å²) in [5.74, 6) is 1.88. The van der Waals surface area contributed by atoms with Gasteiger partial charge in [-0.05, 0) is 19.8 Å². The summed E-state index contributed by atoms with van der Waals surface area (Å²) in [6, 6.07) is 0. The number of ether oxygens (including phenoxy) is 1. The second-order valence-corrected chi connectivity index (χ2v) is 4.38. The Morgan fingerprint density at radius 3 is 2.86 bits per heavy atom. The van der Waals surface area contributed by atoms with Crippen molar-refractivity contribution in [2.75, 3.05) is 6.61 Å². The van der Waals surface area contributed by atoms with Gasteiger partial charge in [-0.3, -0.25) is 0 Å². The van der Waals surface area contributed by atoms with Crippen LogP contribution in [0.1, 0.15) is 31.4 Å². The lowest BCUT2D eigenvalue weighted by atomic mass is 10.0. The van der Waals surface area contributed by atoms with Crippen LogP contribution in [0.5, 0.6) is 0 Å². The molecule has 0 bridgehead atoms. The number of hydrogen-bond donors (Lipinski definition) is 0. The standard InChI is InChI=1S/C9H14BrN3O/c1-9(4-3-5-14-9)8-12-11-7(6-10)13(8)2/h3-6H2,1-2H3. The minimum Gasteiger partial charge on any atom is -0.367 e. The van der Waals surface area contributed by atoms with Crippen LogP contribution in [0.2, 0.25) is 0 Å². The van der Waals surface area contributed by atoms with E-state index in [1.54, 1.807) is 0 Å². The van der Waals surface area contributed by atoms with Crippen molar-refractivity contribution in [3.63, 3.8) is 0 Å². The molecule has 0 spiro atoms. The molecule has 1 fully saturated rings. The van der Waals surface area contributed by atoms with Gasteiger partial charge in [0.1, 0.15) is 11.4 Å². The maximum atomic E-state index is 5.73. The highest BCUT2D eigenvalue weighted by molar-refractivity contribution is 9.08. The molecule has 78 valence electrons. The maximum Gasteiger partial charge on any atom is 0.164 e. The van der Waals surface area contributed by atoms with E-state index in [4.69, 9.17) is 4.74 Å². The lowest BCUT2D eigenvalue weighted by molar-refractivity contribution is 0.00684. The van der Waals surface area contributed by atoms with Crippen molar-refractivity contribution in [3.05, 3.63) is 11.6 Å². The first-order chi connectivity index (χ1) is 6.67. The van der Waals surface area contributed by atoms with Gasteiger partial charge >= 0.3 is 0 Å². The van der Waals surface area contributed by atoms with Gasteiger partial charge in [0.2, 0.25) is 0 Å². The fourth-order valence-corrected chi connectivity index (χ4v) is 2.38. The van der Waals surface area contributed by atoms with Crippen LogP contribution in [0, 0.1) is 0 Å². The van der Waals surface area contributed by atoms with Gasteiger partial charge in [-0.2, -0.15) is 0 Å². The zero-order valence-corrected chi connectivity index (χ0v) is 10.0. The predicted octanol–water partition coefficient (Wildman–Crippen LogP) is 1.74. The molecule has 4 nitrogen and oxygen atoms in total. The van der Waals surface area contributed by atoms with E-state index in [-0.39, 0.29) is 5.60 Å². The molecule has 0 amide bonds. The van der Waals surface area contributed by atoms with Gasteiger partial charge in [0.15, 0.2) is 5.82 Å². The molecular formula is C9H14BrN3O. The molecule has 0 radical (unpaired) electrons. The zero-order valence-electron chi connectivity index (χ0n) is 8.46. The van der Waals surface area contributed by atoms with Crippen molar-refractivity contribution >= 4 is 15.9 Å². The number of halogens is 1. The smallest absolute Gasteiger partial charge is 0.164 e. The van der Waals surface area contributed by atoms with E-state index in [0.717, 1.165) is 36.4 Å². The molecule has 1 aromatic rings. The Hall–Kier alpha value is -0.420. The Bertz CT molecular complexity index is 331. The molecule has 1 aliphatic rings. The molecule has 5 heteroatoms. The molecule has 1 aromatic heterocycles. The van der Waals surface area contributed by atoms with E-state index in [0.29, 0.717) is 0 Å². The summed E-state index contributed by atoms with van der Waals surface area (Å²) in [5.41, 5.74) is -0.234. The number of nitrogens with zero attached hydrogens (tertiary/aromatic N) is 3. The monoisotopic (exact) mass is 259 g/mol. The fraction of sp³-hybridized carbons (Fsp3) is 0.778. The van der Waals surface area contributed by atoms with Crippen molar-refractivity contribution in [2.45, 2.75) is 30.7 Å². The molecule has 1 atom stereocenters. The fourth-order valence-electron chi connectivity index (χ4n) is 1.89. The van der Waals surface area contributed by atoms with E-state index in [2.05, 4.69) is 33.1 Å². The highest BCUT2D eigenvalue weighted by Crippen LogP contribution is 2.34. The van der Waals surface area contributed by atoms with Gasteiger partial charge in [-0.25, -0.2) is 0 Å². The largest absolute Gasteiger partial charge is 0.367 e. The molecule has 0 saturated carbocycles. The van der Waals surface area contributed by atoms with Crippen LogP contribution in [0.25, 0.3) is 0 Å². The Kier molecular flexibility index (Phi) is 2.62. The average molecular weight is 260 g/mol. The summed E-state index contributed by atoms with van der Waals surface area (Å²) >= 11 is 3.38. The lowest BCUT2D eigenvalue weighted by Crippen LogP contribution is -2.24. The van der Waals surface area contributed by atoms with Crippen molar-refractivity contribution in [1.29, 1.82) is 0 Å². The summed E-state index contributed by atoms with van der Waals surface area (Å²) < 4.78 is 7.74. The van der Waals surface area contributed by atoms with Crippen LogP contribution >= 0.6 is 15.9 Å². The lowest BCUT2D eigenvalue weighted by Gasteiger charge is -2.21. The van der Waals surface area contributed by atoms with Crippen molar-refractivity contribution in [2.24, 2.45) is 7.05 Å². The second-order valence-electron chi connectivity index (χ2n) is 3.82. The van der Waals surface area contributed by atoms with Crippen LogP contribution in [0.3, 0.4) is 0 Å². The number of alkyl halides is 1. The number of hydrogen-bond acceptors (Lipinski definition) is 3. The minimum atomic E-state index is -0.234. The van der Waals surface area contributed by atoms with Gasteiger partial charge in [0, 0.05) is 13.7 Å². The molecular weight excluding hydrogens is 246 g/mol. The normalized spacial score (nSPS) is 27.1. The first kappa shape index (κ1) is 10.1. The molecule has 1 saturated heterocycles. The second kappa shape index (κ2) is 3.62. The maximum absolute atomic E-state index is 5.73. The summed E-state index contributed by atoms with van der Waals surface area (Å²) in [6.45, 7) is 2.91. The Morgan fingerprint density at radius 1 is 1.57 bits per heavy atom. The molecule has 0 aromatic carbocycles. The molecule has 2 rings (SSSR count). The number of aromatic nitrogens is 3. The summed E-state index contributed by atoms with van der Waals surface area (Å²) in [5, 5.41) is 9.04. The molecule has 0 N–H and O–H groups in total. The van der Waals surface area contributed by atoms with E-state index < -0.39 is 0 Å². The molecule has 2 heterocycles. The van der Waals surface area contributed by atoms with Gasteiger partial charge < -0.3 is 9.30 Å². The summed E-state index contributed by atoms with van der Waals surface area (Å²) in [4.78, 5) is 0. The van der Waals surface area contributed by atoms with Crippen LogP contribution in [0.4, 0.5) is 0 Å². The first-order valence-corrected chi connectivity index (χ1v) is 5.88. The van der Waals surface area contributed by atoms with Crippen LogP contribution < -0.4 is 0 Å². The van der Waals surface area contributed by atoms with Gasteiger partial charge in [-0.1, -0.05) is 15.9 Å². The molecule has 0 aliphatic carbocycles. The third kappa shape index (κ3) is 1.48. The van der Waals surface area contributed by atoms with Gasteiger partial charge in [0.25, 0.3) is 0 Å². The van der Waals surface area contributed by atoms with Crippen LogP contribution in [0.15, 0.2) is 0 Å². The predicted molar refractivity (Wildman–Crippen MR) is 56.2 cm³/mol. The van der Waals surface area contributed by atoms with Crippen molar-refractivity contribution in [1.82, 2.24) is 14.8 Å². The molecule has 1 aliphatic heterocycles. The van der Waals surface area contributed by atoms with E-state index in [9.17, 15) is 0 Å². The summed E-state index contributed by atoms with van der Waals surface area (Å²) in [7, 11) is 1.98. The van der Waals surface area contributed by atoms with E-state index >= 15 is 0 Å². The SMILES string of the molecule is Cn1c(CBr)nnc1C1(C)CCCO1. The Balaban J connectivity index is 2.35. The Morgan fingerprint density at radius 2 is 2.36 bits per heavy atom. The zero-order chi connectivity index (χ0) is 10.2. The number of rotatable bonds is 2. The van der Waals surface area contributed by atoms with Crippen molar-refractivity contribution in [3.8, 4) is 0 Å². The first-order valence-electron chi connectivity index (χ1n) is 4.76. The molecule has 14 heavy (non-hydrogen) atoms. The minimum absolute atomic E-state index is 0.234. The highest BCUT2D eigenvalue weighted by atomic mass is 79.9. The van der Waals surface area contributed by atoms with Crippen molar-refractivity contribution < 1.29 is 4.74 Å². The highest BCUT2D eigenvalue weighted by Gasteiger charge is 2.36. The third-order valence-electron chi connectivity index (χ3n) is 2.78.